The molecule has 1 N–H and O–H groups in total. The van der Waals surface area contributed by atoms with E-state index in [0.717, 1.165) is 28.5 Å². The van der Waals surface area contributed by atoms with E-state index in [2.05, 4.69) is 34.7 Å². The first kappa shape index (κ1) is 16.5. The third-order valence-corrected chi connectivity index (χ3v) is 6.72. The van der Waals surface area contributed by atoms with E-state index >= 15 is 0 Å². The van der Waals surface area contributed by atoms with E-state index in [1.165, 1.54) is 30.5 Å². The van der Waals surface area contributed by atoms with Gasteiger partial charge in [-0.3, -0.25) is 9.59 Å². The minimum atomic E-state index is -0.606. The van der Waals surface area contributed by atoms with Gasteiger partial charge in [-0.15, -0.1) is 16.9 Å². The predicted molar refractivity (Wildman–Crippen MR) is 102 cm³/mol. The lowest BCUT2D eigenvalue weighted by molar-refractivity contribution is -0.132. The molecule has 5 nitrogen and oxygen atoms in total. The Balaban J connectivity index is 1.93. The Morgan fingerprint density at radius 3 is 2.76 bits per heavy atom. The van der Waals surface area contributed by atoms with Crippen LogP contribution in [0, 0.1) is 0 Å². The average molecular weight is 371 g/mol. The summed E-state index contributed by atoms with van der Waals surface area (Å²) in [5.41, 5.74) is 1.12. The Labute approximate surface area is 154 Å². The SMILES string of the molecule is CC(=O)NC1=NN(C(C)=O)C2(CCSc3ccc4ccccc4c32)S1. The van der Waals surface area contributed by atoms with Gasteiger partial charge < -0.3 is 5.32 Å². The molecular formula is C18H17N3O2S2. The zero-order chi connectivity index (χ0) is 17.6. The van der Waals surface area contributed by atoms with Crippen LogP contribution in [0.5, 0.6) is 0 Å². The van der Waals surface area contributed by atoms with Crippen LogP contribution in [-0.2, 0) is 14.5 Å². The second-order valence-corrected chi connectivity index (χ2v) is 8.46. The van der Waals surface area contributed by atoms with Crippen molar-refractivity contribution < 1.29 is 9.59 Å². The van der Waals surface area contributed by atoms with Gasteiger partial charge in [-0.1, -0.05) is 42.1 Å². The van der Waals surface area contributed by atoms with Gasteiger partial charge in [0.05, 0.1) is 0 Å². The summed E-state index contributed by atoms with van der Waals surface area (Å²) in [6.07, 6.45) is 0.773. The smallest absolute Gasteiger partial charge is 0.241 e. The van der Waals surface area contributed by atoms with Gasteiger partial charge in [0.2, 0.25) is 11.8 Å². The van der Waals surface area contributed by atoms with Gasteiger partial charge in [0.15, 0.2) is 5.17 Å². The maximum absolute atomic E-state index is 12.4. The first-order chi connectivity index (χ1) is 12.0. The fourth-order valence-electron chi connectivity index (χ4n) is 3.43. The molecule has 0 saturated heterocycles. The first-order valence-corrected chi connectivity index (χ1v) is 9.82. The third kappa shape index (κ3) is 2.62. The summed E-state index contributed by atoms with van der Waals surface area (Å²) in [5.74, 6) is 0.583. The molecule has 2 aromatic rings. The van der Waals surface area contributed by atoms with E-state index in [0.29, 0.717) is 5.17 Å². The number of amidine groups is 1. The molecule has 0 radical (unpaired) electrons. The summed E-state index contributed by atoms with van der Waals surface area (Å²) in [5, 5.41) is 11.5. The van der Waals surface area contributed by atoms with E-state index in [1.54, 1.807) is 16.8 Å². The van der Waals surface area contributed by atoms with Crippen LogP contribution in [-0.4, -0.2) is 27.7 Å². The van der Waals surface area contributed by atoms with Crippen LogP contribution in [0.2, 0.25) is 0 Å². The summed E-state index contributed by atoms with van der Waals surface area (Å²) in [4.78, 5) is 24.4. The largest absolute Gasteiger partial charge is 0.304 e. The lowest BCUT2D eigenvalue weighted by atomic mass is 9.95. The quantitative estimate of drug-likeness (QED) is 0.770. The second-order valence-electron chi connectivity index (χ2n) is 6.06. The summed E-state index contributed by atoms with van der Waals surface area (Å²) in [6.45, 7) is 2.97. The number of nitrogens with one attached hydrogen (secondary N) is 1. The van der Waals surface area contributed by atoms with Crippen molar-refractivity contribution >= 4 is 51.3 Å². The fraction of sp³-hybridized carbons (Fsp3) is 0.278. The van der Waals surface area contributed by atoms with Crippen LogP contribution in [0.1, 0.15) is 25.8 Å². The van der Waals surface area contributed by atoms with Crippen molar-refractivity contribution in [1.82, 2.24) is 10.3 Å². The van der Waals surface area contributed by atoms with Crippen molar-refractivity contribution in [2.24, 2.45) is 5.10 Å². The number of amides is 2. The van der Waals surface area contributed by atoms with Gasteiger partial charge in [-0.2, -0.15) is 0 Å². The zero-order valence-corrected chi connectivity index (χ0v) is 15.5. The van der Waals surface area contributed by atoms with Crippen molar-refractivity contribution in [2.45, 2.75) is 30.0 Å². The number of fused-ring (bicyclic) bond motifs is 4. The van der Waals surface area contributed by atoms with Crippen LogP contribution < -0.4 is 5.32 Å². The maximum Gasteiger partial charge on any atom is 0.241 e. The van der Waals surface area contributed by atoms with Crippen LogP contribution in [0.15, 0.2) is 46.4 Å². The standard InChI is InChI=1S/C18H17N3O2S2/c1-11(22)19-17-20-21(12(2)23)18(25-17)9-10-24-15-8-7-13-5-3-4-6-14(13)16(15)18/h3-8H,9-10H2,1-2H3,(H,19,20,22). The highest BCUT2D eigenvalue weighted by atomic mass is 32.2. The van der Waals surface area contributed by atoms with E-state index in [1.807, 2.05) is 12.1 Å². The van der Waals surface area contributed by atoms with Gasteiger partial charge in [-0.25, -0.2) is 5.01 Å². The number of hydrazone groups is 1. The van der Waals surface area contributed by atoms with Crippen molar-refractivity contribution in [3.63, 3.8) is 0 Å². The Bertz CT molecular complexity index is 928. The van der Waals surface area contributed by atoms with E-state index in [9.17, 15) is 9.59 Å². The zero-order valence-electron chi connectivity index (χ0n) is 13.9. The molecule has 0 bridgehead atoms. The number of nitrogens with zero attached hydrogens (tertiary/aromatic N) is 2. The molecule has 1 unspecified atom stereocenters. The first-order valence-electron chi connectivity index (χ1n) is 8.02. The molecule has 0 saturated carbocycles. The topological polar surface area (TPSA) is 61.8 Å². The highest BCUT2D eigenvalue weighted by molar-refractivity contribution is 8.15. The highest BCUT2D eigenvalue weighted by Gasteiger charge is 2.51. The number of hydrogen-bond donors (Lipinski definition) is 1. The molecule has 128 valence electrons. The molecule has 2 aliphatic rings. The minimum Gasteiger partial charge on any atom is -0.304 e. The summed E-state index contributed by atoms with van der Waals surface area (Å²) in [6, 6.07) is 12.4. The number of thioether (sulfide) groups is 2. The number of benzene rings is 2. The minimum absolute atomic E-state index is 0.126. The van der Waals surface area contributed by atoms with Gasteiger partial charge in [0.1, 0.15) is 4.87 Å². The van der Waals surface area contributed by atoms with E-state index in [-0.39, 0.29) is 11.8 Å². The van der Waals surface area contributed by atoms with Crippen molar-refractivity contribution in [3.05, 3.63) is 42.0 Å². The highest BCUT2D eigenvalue weighted by Crippen LogP contribution is 2.56. The number of rotatable bonds is 0. The van der Waals surface area contributed by atoms with E-state index < -0.39 is 4.87 Å². The molecule has 4 rings (SSSR count). The lowest BCUT2D eigenvalue weighted by Crippen LogP contribution is -2.42. The molecule has 1 spiro atoms. The number of hydrogen-bond acceptors (Lipinski definition) is 5. The molecular weight excluding hydrogens is 354 g/mol. The summed E-state index contributed by atoms with van der Waals surface area (Å²) in [7, 11) is 0. The van der Waals surface area contributed by atoms with Crippen LogP contribution in [0.4, 0.5) is 0 Å². The van der Waals surface area contributed by atoms with Gasteiger partial charge in [0, 0.05) is 30.1 Å². The average Bonchev–Trinajstić information content (AvgIpc) is 2.92. The molecule has 2 aromatic carbocycles. The molecule has 2 heterocycles. The van der Waals surface area contributed by atoms with Gasteiger partial charge in [0.25, 0.3) is 0 Å². The Kier molecular flexibility index (Phi) is 4.00. The van der Waals surface area contributed by atoms with Gasteiger partial charge in [-0.05, 0) is 23.3 Å². The van der Waals surface area contributed by atoms with Crippen molar-refractivity contribution in [3.8, 4) is 0 Å². The van der Waals surface area contributed by atoms with Crippen molar-refractivity contribution in [1.29, 1.82) is 0 Å². The fourth-order valence-corrected chi connectivity index (χ4v) is 6.25. The summed E-state index contributed by atoms with van der Waals surface area (Å²) < 4.78 is 0. The van der Waals surface area contributed by atoms with Gasteiger partial charge >= 0.3 is 0 Å². The number of carbonyl (C=O) groups excluding carboxylic acids is 2. The Hall–Kier alpha value is -1.99. The molecule has 0 aromatic heterocycles. The van der Waals surface area contributed by atoms with Crippen LogP contribution >= 0.6 is 23.5 Å². The van der Waals surface area contributed by atoms with Crippen LogP contribution in [0.3, 0.4) is 0 Å². The monoisotopic (exact) mass is 371 g/mol. The van der Waals surface area contributed by atoms with Crippen molar-refractivity contribution in [2.75, 3.05) is 5.75 Å². The molecule has 2 aliphatic heterocycles. The maximum atomic E-state index is 12.4. The summed E-state index contributed by atoms with van der Waals surface area (Å²) >= 11 is 3.27. The predicted octanol–water partition coefficient (Wildman–Crippen LogP) is 3.49. The molecule has 1 atom stereocenters. The molecule has 2 amide bonds. The van der Waals surface area contributed by atoms with E-state index in [4.69, 9.17) is 0 Å². The third-order valence-electron chi connectivity index (χ3n) is 4.36. The lowest BCUT2D eigenvalue weighted by Gasteiger charge is -2.39. The molecule has 25 heavy (non-hydrogen) atoms. The second kappa shape index (κ2) is 6.07. The number of carbonyl (C=O) groups is 2. The normalized spacial score (nSPS) is 22.0. The Morgan fingerprint density at radius 1 is 1.20 bits per heavy atom. The molecule has 0 fully saturated rings. The Morgan fingerprint density at radius 2 is 2.00 bits per heavy atom. The molecule has 0 aliphatic carbocycles. The van der Waals surface area contributed by atoms with Crippen LogP contribution in [0.25, 0.3) is 10.8 Å². The molecule has 7 heteroatoms.